The smallest absolute Gasteiger partial charge is 0.0264 e. The fraction of sp³-hybridized carbons (Fsp3) is 1.00. The van der Waals surface area contributed by atoms with Crippen molar-refractivity contribution < 1.29 is 0 Å². The van der Waals surface area contributed by atoms with Gasteiger partial charge < -0.3 is 0 Å². The number of fused-ring (bicyclic) bond motifs is 1. The minimum Gasteiger partial charge on any atom is -0.0776 e. The van der Waals surface area contributed by atoms with Crippen molar-refractivity contribution in [2.45, 2.75) is 134 Å². The topological polar surface area (TPSA) is 0 Å². The second-order valence-corrected chi connectivity index (χ2v) is 10.7. The molecule has 0 saturated heterocycles. The lowest BCUT2D eigenvalue weighted by Gasteiger charge is -2.56. The van der Waals surface area contributed by atoms with Gasteiger partial charge in [-0.25, -0.2) is 0 Å². The van der Waals surface area contributed by atoms with Crippen molar-refractivity contribution in [1.29, 1.82) is 0 Å². The van der Waals surface area contributed by atoms with Gasteiger partial charge in [-0.1, -0.05) is 95.9 Å². The van der Waals surface area contributed by atoms with Crippen LogP contribution in [0.4, 0.5) is 0 Å². The summed E-state index contributed by atoms with van der Waals surface area (Å²) in [5.41, 5.74) is 1.31. The lowest BCUT2D eigenvalue weighted by Crippen LogP contribution is -2.48. The molecular formula is C28H58. The average molecular weight is 395 g/mol. The Balaban J connectivity index is 0.00000177. The molecule has 0 N–H and O–H groups in total. The maximum atomic E-state index is 2.70. The zero-order chi connectivity index (χ0) is 19.5. The second-order valence-electron chi connectivity index (χ2n) is 10.7. The molecule has 6 unspecified atom stereocenters. The van der Waals surface area contributed by atoms with Crippen LogP contribution in [0.1, 0.15) is 134 Å². The zero-order valence-corrected chi connectivity index (χ0v) is 19.5. The summed E-state index contributed by atoms with van der Waals surface area (Å²) in [4.78, 5) is 0. The summed E-state index contributed by atoms with van der Waals surface area (Å²) in [7, 11) is 0. The summed E-state index contributed by atoms with van der Waals surface area (Å²) in [6.07, 6.45) is 14.9. The van der Waals surface area contributed by atoms with Crippen LogP contribution in [0.2, 0.25) is 0 Å². The molecule has 28 heavy (non-hydrogen) atoms. The highest BCUT2D eigenvalue weighted by atomic mass is 14.6. The van der Waals surface area contributed by atoms with E-state index in [2.05, 4.69) is 41.5 Å². The van der Waals surface area contributed by atoms with E-state index in [4.69, 9.17) is 0 Å². The predicted octanol–water partition coefficient (Wildman–Crippen LogP) is 10.0. The molecule has 0 heteroatoms. The Morgan fingerprint density at radius 1 is 0.821 bits per heavy atom. The quantitative estimate of drug-likeness (QED) is 0.445. The summed E-state index contributed by atoms with van der Waals surface area (Å²) in [6.45, 7) is 19.3. The third kappa shape index (κ3) is 5.00. The lowest BCUT2D eigenvalue weighted by atomic mass is 9.49. The van der Waals surface area contributed by atoms with Gasteiger partial charge in [0.15, 0.2) is 0 Å². The van der Waals surface area contributed by atoms with Crippen LogP contribution in [0.25, 0.3) is 0 Å². The van der Waals surface area contributed by atoms with Crippen LogP contribution in [0, 0.1) is 46.3 Å². The Kier molecular flexibility index (Phi) is 11.4. The van der Waals surface area contributed by atoms with E-state index in [9.17, 15) is 0 Å². The summed E-state index contributed by atoms with van der Waals surface area (Å²) in [6, 6.07) is 0. The molecule has 0 bridgehead atoms. The molecule has 3 fully saturated rings. The summed E-state index contributed by atoms with van der Waals surface area (Å²) < 4.78 is 0. The van der Waals surface area contributed by atoms with Gasteiger partial charge in [-0.15, -0.1) is 0 Å². The van der Waals surface area contributed by atoms with E-state index in [1.54, 1.807) is 0 Å². The Morgan fingerprint density at radius 2 is 1.39 bits per heavy atom. The Morgan fingerprint density at radius 3 is 1.89 bits per heavy atom. The van der Waals surface area contributed by atoms with Crippen molar-refractivity contribution in [3.8, 4) is 0 Å². The van der Waals surface area contributed by atoms with E-state index in [1.807, 2.05) is 13.8 Å². The van der Waals surface area contributed by atoms with Crippen LogP contribution in [0.5, 0.6) is 0 Å². The molecule has 0 aromatic carbocycles. The van der Waals surface area contributed by atoms with Crippen molar-refractivity contribution in [2.24, 2.45) is 46.3 Å². The Hall–Kier alpha value is 0. The monoisotopic (exact) mass is 394 g/mol. The highest BCUT2D eigenvalue weighted by Crippen LogP contribution is 2.65. The van der Waals surface area contributed by atoms with E-state index in [0.29, 0.717) is 10.8 Å². The first-order valence-electron chi connectivity index (χ1n) is 12.4. The molecule has 0 heterocycles. The van der Waals surface area contributed by atoms with Crippen LogP contribution in [-0.2, 0) is 0 Å². The SMILES string of the molecule is C.C.CC.CCC(C)C1CCC2C(CC)C(C3(C)CCC(C)CC3)CCC12C. The van der Waals surface area contributed by atoms with Gasteiger partial charge in [-0.3, -0.25) is 0 Å². The van der Waals surface area contributed by atoms with Crippen molar-refractivity contribution in [3.05, 3.63) is 0 Å². The van der Waals surface area contributed by atoms with Crippen LogP contribution >= 0.6 is 0 Å². The molecule has 6 atom stereocenters. The van der Waals surface area contributed by atoms with Gasteiger partial charge >= 0.3 is 0 Å². The van der Waals surface area contributed by atoms with Crippen LogP contribution < -0.4 is 0 Å². The maximum absolute atomic E-state index is 2.70. The molecule has 3 rings (SSSR count). The number of hydrogen-bond donors (Lipinski definition) is 0. The fourth-order valence-corrected chi connectivity index (χ4v) is 7.77. The third-order valence-electron chi connectivity index (χ3n) is 9.62. The minimum atomic E-state index is 0. The van der Waals surface area contributed by atoms with Crippen molar-refractivity contribution in [1.82, 2.24) is 0 Å². The first kappa shape index (κ1) is 28.0. The second kappa shape index (κ2) is 11.4. The zero-order valence-electron chi connectivity index (χ0n) is 19.5. The number of hydrogen-bond acceptors (Lipinski definition) is 0. The predicted molar refractivity (Wildman–Crippen MR) is 131 cm³/mol. The van der Waals surface area contributed by atoms with Gasteiger partial charge in [0.05, 0.1) is 0 Å². The molecule has 0 aliphatic heterocycles. The molecule has 0 aromatic heterocycles. The first-order chi connectivity index (χ1) is 12.4. The molecule has 3 aliphatic rings. The largest absolute Gasteiger partial charge is 0.0776 e. The molecule has 170 valence electrons. The summed E-state index contributed by atoms with van der Waals surface area (Å²) >= 11 is 0. The lowest BCUT2D eigenvalue weighted by molar-refractivity contribution is -0.0638. The fourth-order valence-electron chi connectivity index (χ4n) is 7.77. The van der Waals surface area contributed by atoms with Gasteiger partial charge in [-0.05, 0) is 84.9 Å². The van der Waals surface area contributed by atoms with Crippen LogP contribution in [0.3, 0.4) is 0 Å². The number of rotatable bonds is 4. The van der Waals surface area contributed by atoms with Gasteiger partial charge in [0.2, 0.25) is 0 Å². The van der Waals surface area contributed by atoms with Crippen LogP contribution in [-0.4, -0.2) is 0 Å². The highest BCUT2D eigenvalue weighted by Gasteiger charge is 2.56. The first-order valence-corrected chi connectivity index (χ1v) is 12.4. The molecule has 3 aliphatic carbocycles. The molecular weight excluding hydrogens is 336 g/mol. The van der Waals surface area contributed by atoms with Gasteiger partial charge in [0, 0.05) is 0 Å². The molecule has 0 aromatic rings. The van der Waals surface area contributed by atoms with E-state index in [1.165, 1.54) is 64.2 Å². The van der Waals surface area contributed by atoms with Crippen molar-refractivity contribution >= 4 is 0 Å². The van der Waals surface area contributed by atoms with Crippen LogP contribution in [0.15, 0.2) is 0 Å². The van der Waals surface area contributed by atoms with Gasteiger partial charge in [0.1, 0.15) is 0 Å². The highest BCUT2D eigenvalue weighted by molar-refractivity contribution is 5.06. The third-order valence-corrected chi connectivity index (χ3v) is 9.62. The molecule has 0 radical (unpaired) electrons. The summed E-state index contributed by atoms with van der Waals surface area (Å²) in [5.74, 6) is 5.96. The Bertz CT molecular complexity index is 416. The van der Waals surface area contributed by atoms with E-state index >= 15 is 0 Å². The minimum absolute atomic E-state index is 0. The maximum Gasteiger partial charge on any atom is -0.0264 e. The standard InChI is InChI=1S/C24H44.C2H6.2CH4/c1-7-18(4)20-9-10-22-19(8-2)21(13-16-24(20,22)6)23(5)14-11-17(3)12-15-23;1-2;;/h17-22H,7-16H2,1-6H3;1-2H3;2*1H4. The van der Waals surface area contributed by atoms with E-state index < -0.39 is 0 Å². The molecule has 0 spiro atoms. The Labute approximate surface area is 181 Å². The van der Waals surface area contributed by atoms with E-state index in [0.717, 1.165) is 35.5 Å². The average Bonchev–Trinajstić information content (AvgIpc) is 3.01. The normalized spacial score (nSPS) is 43.5. The molecule has 0 amide bonds. The molecule has 3 saturated carbocycles. The van der Waals surface area contributed by atoms with Gasteiger partial charge in [-0.2, -0.15) is 0 Å². The van der Waals surface area contributed by atoms with Crippen molar-refractivity contribution in [2.75, 3.05) is 0 Å². The molecule has 0 nitrogen and oxygen atoms in total. The summed E-state index contributed by atoms with van der Waals surface area (Å²) in [5, 5.41) is 0. The van der Waals surface area contributed by atoms with Gasteiger partial charge in [0.25, 0.3) is 0 Å². The van der Waals surface area contributed by atoms with E-state index in [-0.39, 0.29) is 14.9 Å². The van der Waals surface area contributed by atoms with Crippen molar-refractivity contribution in [3.63, 3.8) is 0 Å².